The fourth-order valence-corrected chi connectivity index (χ4v) is 0.943. The molecule has 0 amide bonds. The summed E-state index contributed by atoms with van der Waals surface area (Å²) in [6.07, 6.45) is 0. The molecule has 4 heteroatoms. The first-order valence-electron chi connectivity index (χ1n) is 3.15. The predicted molar refractivity (Wildman–Crippen MR) is 30.8 cm³/mol. The van der Waals surface area contributed by atoms with Gasteiger partial charge in [-0.05, 0) is 11.1 Å². The van der Waals surface area contributed by atoms with E-state index in [2.05, 4.69) is 0 Å². The van der Waals surface area contributed by atoms with Crippen molar-refractivity contribution in [3.05, 3.63) is 11.1 Å². The van der Waals surface area contributed by atoms with Crippen molar-refractivity contribution in [2.45, 2.75) is 0 Å². The molecule has 0 unspecified atom stereocenters. The van der Waals surface area contributed by atoms with Crippen LogP contribution in [-0.4, -0.2) is 26.4 Å². The van der Waals surface area contributed by atoms with Crippen molar-refractivity contribution >= 4 is 0 Å². The van der Waals surface area contributed by atoms with Gasteiger partial charge in [0.15, 0.2) is 0 Å². The van der Waals surface area contributed by atoms with Crippen molar-refractivity contribution in [2.24, 2.45) is 0 Å². The number of rotatable bonds is 0. The molecule has 0 spiro atoms. The molecule has 0 fully saturated rings. The maximum absolute atomic E-state index is 4.75. The van der Waals surface area contributed by atoms with Crippen LogP contribution < -0.4 is 0 Å². The van der Waals surface area contributed by atoms with Crippen molar-refractivity contribution in [1.82, 2.24) is 0 Å². The highest BCUT2D eigenvalue weighted by molar-refractivity contribution is 5.18. The summed E-state index contributed by atoms with van der Waals surface area (Å²) in [7, 11) is 0. The van der Waals surface area contributed by atoms with Crippen LogP contribution in [0.3, 0.4) is 0 Å². The summed E-state index contributed by atoms with van der Waals surface area (Å²) in [5.74, 6) is 0. The molecule has 56 valence electrons. The molecule has 4 nitrogen and oxygen atoms in total. The van der Waals surface area contributed by atoms with Crippen LogP contribution in [0.15, 0.2) is 11.1 Å². The van der Waals surface area contributed by atoms with E-state index < -0.39 is 0 Å². The molecule has 10 heavy (non-hydrogen) atoms. The Morgan fingerprint density at radius 3 is 1.20 bits per heavy atom. The highest BCUT2D eigenvalue weighted by Crippen LogP contribution is 2.16. The average Bonchev–Trinajstić information content (AvgIpc) is 2.05. The quantitative estimate of drug-likeness (QED) is 0.359. The van der Waals surface area contributed by atoms with Gasteiger partial charge >= 0.3 is 0 Å². The molecule has 2 heterocycles. The molecule has 0 aliphatic carbocycles. The van der Waals surface area contributed by atoms with Gasteiger partial charge in [0.1, 0.15) is 26.4 Å². The third-order valence-corrected chi connectivity index (χ3v) is 1.60. The Kier molecular flexibility index (Phi) is 1.68. The van der Waals surface area contributed by atoms with Gasteiger partial charge in [-0.15, -0.1) is 0 Å². The Morgan fingerprint density at radius 2 is 0.900 bits per heavy atom. The first-order chi connectivity index (χ1) is 4.97. The standard InChI is InChI=1S/C6H8O4/c1-5-2-9-10-4-6(5)3-8-7-1/h1-4H2. The minimum Gasteiger partial charge on any atom is -0.232 e. The highest BCUT2D eigenvalue weighted by Gasteiger charge is 2.18. The molecule has 2 aliphatic rings. The van der Waals surface area contributed by atoms with Crippen molar-refractivity contribution in [3.63, 3.8) is 0 Å². The van der Waals surface area contributed by atoms with Gasteiger partial charge in [-0.2, -0.15) is 0 Å². The molecule has 0 aromatic heterocycles. The maximum atomic E-state index is 4.75. The molecule has 0 radical (unpaired) electrons. The van der Waals surface area contributed by atoms with Crippen LogP contribution in [0.1, 0.15) is 0 Å². The zero-order valence-corrected chi connectivity index (χ0v) is 5.46. The molecule has 0 saturated carbocycles. The smallest absolute Gasteiger partial charge is 0.106 e. The summed E-state index contributed by atoms with van der Waals surface area (Å²) in [5, 5.41) is 0. The van der Waals surface area contributed by atoms with E-state index in [1.165, 1.54) is 0 Å². The normalized spacial score (nSPS) is 26.4. The minimum atomic E-state index is 0.513. The lowest BCUT2D eigenvalue weighted by molar-refractivity contribution is -0.324. The molecule has 0 aromatic rings. The van der Waals surface area contributed by atoms with Crippen LogP contribution in [0.5, 0.6) is 0 Å². The van der Waals surface area contributed by atoms with Crippen LogP contribution in [0.25, 0.3) is 0 Å². The van der Waals surface area contributed by atoms with Gasteiger partial charge < -0.3 is 0 Å². The summed E-state index contributed by atoms with van der Waals surface area (Å²) in [6.45, 7) is 2.05. The van der Waals surface area contributed by atoms with E-state index in [9.17, 15) is 0 Å². The van der Waals surface area contributed by atoms with Crippen LogP contribution in [-0.2, 0) is 19.6 Å². The summed E-state index contributed by atoms with van der Waals surface area (Å²) in [4.78, 5) is 19.0. The highest BCUT2D eigenvalue weighted by atomic mass is 17.2. The van der Waals surface area contributed by atoms with E-state index in [1.54, 1.807) is 0 Å². The van der Waals surface area contributed by atoms with Crippen LogP contribution in [0.2, 0.25) is 0 Å². The van der Waals surface area contributed by atoms with E-state index in [0.29, 0.717) is 26.4 Å². The Morgan fingerprint density at radius 1 is 0.600 bits per heavy atom. The Labute approximate surface area is 58.2 Å². The maximum Gasteiger partial charge on any atom is 0.106 e. The fraction of sp³-hybridized carbons (Fsp3) is 0.667. The topological polar surface area (TPSA) is 36.9 Å². The molecular weight excluding hydrogens is 136 g/mol. The van der Waals surface area contributed by atoms with Gasteiger partial charge in [-0.1, -0.05) is 0 Å². The lowest BCUT2D eigenvalue weighted by atomic mass is 10.1. The second-order valence-electron chi connectivity index (χ2n) is 2.26. The molecule has 0 saturated heterocycles. The van der Waals surface area contributed by atoms with Gasteiger partial charge in [-0.25, -0.2) is 19.6 Å². The summed E-state index contributed by atoms with van der Waals surface area (Å²) >= 11 is 0. The average molecular weight is 144 g/mol. The number of hydrogen-bond acceptors (Lipinski definition) is 4. The lowest BCUT2D eigenvalue weighted by Gasteiger charge is -2.22. The first-order valence-corrected chi connectivity index (χ1v) is 3.15. The molecular formula is C6H8O4. The molecule has 2 aliphatic heterocycles. The van der Waals surface area contributed by atoms with E-state index in [-0.39, 0.29) is 0 Å². The van der Waals surface area contributed by atoms with Gasteiger partial charge in [0.05, 0.1) is 0 Å². The zero-order chi connectivity index (χ0) is 6.81. The Hall–Kier alpha value is -0.420. The van der Waals surface area contributed by atoms with Crippen molar-refractivity contribution < 1.29 is 19.6 Å². The molecule has 0 bridgehead atoms. The predicted octanol–water partition coefficient (Wildman–Crippen LogP) is 0.207. The second-order valence-corrected chi connectivity index (χ2v) is 2.26. The van der Waals surface area contributed by atoms with Crippen molar-refractivity contribution in [2.75, 3.05) is 26.4 Å². The van der Waals surface area contributed by atoms with Crippen molar-refractivity contribution in [3.8, 4) is 0 Å². The van der Waals surface area contributed by atoms with Crippen LogP contribution in [0.4, 0.5) is 0 Å². The molecule has 2 rings (SSSR count). The van der Waals surface area contributed by atoms with Crippen LogP contribution >= 0.6 is 0 Å². The summed E-state index contributed by atoms with van der Waals surface area (Å²) in [5.41, 5.74) is 2.30. The number of hydrogen-bond donors (Lipinski definition) is 0. The second kappa shape index (κ2) is 2.67. The van der Waals surface area contributed by atoms with E-state index in [0.717, 1.165) is 11.1 Å². The lowest BCUT2D eigenvalue weighted by Crippen LogP contribution is -2.24. The SMILES string of the molecule is C1OOCC2=C1COOC2. The Balaban J connectivity index is 2.14. The van der Waals surface area contributed by atoms with Gasteiger partial charge in [-0.3, -0.25) is 0 Å². The fourth-order valence-electron chi connectivity index (χ4n) is 0.943. The summed E-state index contributed by atoms with van der Waals surface area (Å²) < 4.78 is 0. The van der Waals surface area contributed by atoms with E-state index in [1.807, 2.05) is 0 Å². The first kappa shape index (κ1) is 6.30. The van der Waals surface area contributed by atoms with Crippen LogP contribution in [0, 0.1) is 0 Å². The molecule has 0 aromatic carbocycles. The Bertz CT molecular complexity index is 129. The zero-order valence-electron chi connectivity index (χ0n) is 5.46. The van der Waals surface area contributed by atoms with Gasteiger partial charge in [0.25, 0.3) is 0 Å². The van der Waals surface area contributed by atoms with E-state index in [4.69, 9.17) is 19.6 Å². The summed E-state index contributed by atoms with van der Waals surface area (Å²) in [6, 6.07) is 0. The monoisotopic (exact) mass is 144 g/mol. The van der Waals surface area contributed by atoms with Gasteiger partial charge in [0, 0.05) is 0 Å². The molecule has 0 N–H and O–H groups in total. The largest absolute Gasteiger partial charge is 0.232 e. The third kappa shape index (κ3) is 1.06. The molecule has 0 atom stereocenters. The van der Waals surface area contributed by atoms with Crippen molar-refractivity contribution in [1.29, 1.82) is 0 Å². The van der Waals surface area contributed by atoms with Gasteiger partial charge in [0.2, 0.25) is 0 Å². The third-order valence-electron chi connectivity index (χ3n) is 1.60. The van der Waals surface area contributed by atoms with E-state index >= 15 is 0 Å². The minimum absolute atomic E-state index is 0.513.